The quantitative estimate of drug-likeness (QED) is 0.393. The topological polar surface area (TPSA) is 83.9 Å². The van der Waals surface area contributed by atoms with Crippen molar-refractivity contribution in [1.82, 2.24) is 9.29 Å². The first-order chi connectivity index (χ1) is 14.5. The van der Waals surface area contributed by atoms with Crippen LogP contribution in [0.5, 0.6) is 5.75 Å². The van der Waals surface area contributed by atoms with E-state index in [0.29, 0.717) is 23.9 Å². The van der Waals surface area contributed by atoms with Crippen molar-refractivity contribution in [3.63, 3.8) is 0 Å². The van der Waals surface area contributed by atoms with Crippen LogP contribution < -0.4 is 10.2 Å². The highest BCUT2D eigenvalue weighted by Crippen LogP contribution is 2.27. The lowest BCUT2D eigenvalue weighted by Crippen LogP contribution is -2.30. The monoisotopic (exact) mass is 444 g/mol. The van der Waals surface area contributed by atoms with E-state index in [0.717, 1.165) is 16.9 Å². The Labute approximate surface area is 181 Å². The third kappa shape index (κ3) is 5.05. The number of hydrogen-bond acceptors (Lipinski definition) is 7. The van der Waals surface area contributed by atoms with E-state index in [1.54, 1.807) is 31.5 Å². The molecule has 0 aliphatic carbocycles. The Morgan fingerprint density at radius 2 is 1.90 bits per heavy atom. The molecule has 0 unspecified atom stereocenters. The summed E-state index contributed by atoms with van der Waals surface area (Å²) in [5, 5.41) is 6.69. The largest absolute Gasteiger partial charge is 0.497 e. The maximum Gasteiger partial charge on any atom is 0.243 e. The lowest BCUT2D eigenvalue weighted by Gasteiger charge is -2.18. The van der Waals surface area contributed by atoms with Crippen molar-refractivity contribution in [3.05, 3.63) is 59.5 Å². The Morgan fingerprint density at radius 1 is 1.17 bits per heavy atom. The molecule has 158 valence electrons. The van der Waals surface area contributed by atoms with Gasteiger partial charge in [-0.05, 0) is 42.0 Å². The molecule has 0 aliphatic heterocycles. The molecule has 0 fully saturated rings. The minimum absolute atomic E-state index is 0.267. The van der Waals surface area contributed by atoms with E-state index >= 15 is 0 Å². The molecule has 3 aromatic rings. The van der Waals surface area contributed by atoms with E-state index in [2.05, 4.69) is 15.5 Å². The van der Waals surface area contributed by atoms with E-state index in [1.165, 1.54) is 15.6 Å². The number of methoxy groups -OCH3 is 1. The summed E-state index contributed by atoms with van der Waals surface area (Å²) in [5.74, 6) is 0.787. The predicted molar refractivity (Wildman–Crippen MR) is 122 cm³/mol. The summed E-state index contributed by atoms with van der Waals surface area (Å²) in [5.41, 5.74) is 5.27. The molecule has 30 heavy (non-hydrogen) atoms. The maximum atomic E-state index is 12.8. The molecule has 1 heterocycles. The Balaban J connectivity index is 1.73. The number of sulfonamides is 1. The molecule has 9 heteroatoms. The zero-order valence-corrected chi connectivity index (χ0v) is 18.7. The van der Waals surface area contributed by atoms with Gasteiger partial charge in [0.15, 0.2) is 0 Å². The van der Waals surface area contributed by atoms with Crippen LogP contribution in [0.2, 0.25) is 0 Å². The highest BCUT2D eigenvalue weighted by molar-refractivity contribution is 7.89. The number of nitrogens with one attached hydrogen (secondary N) is 1. The van der Waals surface area contributed by atoms with Gasteiger partial charge in [0.05, 0.1) is 23.9 Å². The summed E-state index contributed by atoms with van der Waals surface area (Å²) in [6.07, 6.45) is 1.69. The summed E-state index contributed by atoms with van der Waals surface area (Å²) in [6.45, 7) is 4.52. The van der Waals surface area contributed by atoms with Gasteiger partial charge in [0, 0.05) is 24.0 Å². The van der Waals surface area contributed by atoms with Gasteiger partial charge in [-0.3, -0.25) is 5.43 Å². The molecule has 0 saturated carbocycles. The lowest BCUT2D eigenvalue weighted by atomic mass is 10.2. The molecular weight excluding hydrogens is 420 g/mol. The average Bonchev–Trinajstić information content (AvgIpc) is 3.24. The molecule has 7 nitrogen and oxygen atoms in total. The number of rotatable bonds is 9. The molecule has 0 aliphatic rings. The molecule has 0 atom stereocenters. The van der Waals surface area contributed by atoms with Crippen LogP contribution in [-0.2, 0) is 10.0 Å². The van der Waals surface area contributed by atoms with Crippen LogP contribution in [0.3, 0.4) is 0 Å². The number of benzene rings is 2. The summed E-state index contributed by atoms with van der Waals surface area (Å²) in [7, 11) is -1.89. The summed E-state index contributed by atoms with van der Waals surface area (Å²) in [4.78, 5) is 4.78. The third-order valence-corrected chi connectivity index (χ3v) is 7.26. The van der Waals surface area contributed by atoms with Crippen molar-refractivity contribution >= 4 is 32.7 Å². The van der Waals surface area contributed by atoms with Crippen molar-refractivity contribution in [2.75, 3.05) is 25.6 Å². The fourth-order valence-corrected chi connectivity index (χ4v) is 5.01. The zero-order valence-electron chi connectivity index (χ0n) is 17.1. The van der Waals surface area contributed by atoms with Crippen LogP contribution >= 0.6 is 11.3 Å². The molecule has 0 spiro atoms. The highest BCUT2D eigenvalue weighted by atomic mass is 32.2. The second-order valence-electron chi connectivity index (χ2n) is 6.30. The van der Waals surface area contributed by atoms with Crippen LogP contribution in [0.1, 0.15) is 19.4 Å². The first-order valence-corrected chi connectivity index (χ1v) is 11.8. The SMILES string of the molecule is CCN(CC)S(=O)(=O)c1cccc(-c2csc(N/N=C/c3ccc(OC)cc3)n2)c1. The van der Waals surface area contributed by atoms with Gasteiger partial charge in [0.2, 0.25) is 15.2 Å². The Hall–Kier alpha value is -2.75. The normalized spacial score (nSPS) is 11.9. The third-order valence-electron chi connectivity index (χ3n) is 4.47. The van der Waals surface area contributed by atoms with Gasteiger partial charge in [0.25, 0.3) is 0 Å². The van der Waals surface area contributed by atoms with Crippen LogP contribution in [0.4, 0.5) is 5.13 Å². The van der Waals surface area contributed by atoms with Crippen molar-refractivity contribution in [2.45, 2.75) is 18.7 Å². The van der Waals surface area contributed by atoms with Crippen molar-refractivity contribution in [1.29, 1.82) is 0 Å². The van der Waals surface area contributed by atoms with Gasteiger partial charge < -0.3 is 4.74 Å². The fourth-order valence-electron chi connectivity index (χ4n) is 2.84. The number of aromatic nitrogens is 1. The molecule has 3 rings (SSSR count). The summed E-state index contributed by atoms with van der Waals surface area (Å²) < 4.78 is 32.1. The highest BCUT2D eigenvalue weighted by Gasteiger charge is 2.22. The van der Waals surface area contributed by atoms with Gasteiger partial charge in [0.1, 0.15) is 5.75 Å². The number of anilines is 1. The molecule has 1 aromatic heterocycles. The molecule has 0 radical (unpaired) electrons. The van der Waals surface area contributed by atoms with Crippen molar-refractivity contribution < 1.29 is 13.2 Å². The van der Waals surface area contributed by atoms with E-state index in [1.807, 2.05) is 49.6 Å². The smallest absolute Gasteiger partial charge is 0.243 e. The molecule has 0 bridgehead atoms. The maximum absolute atomic E-state index is 12.8. The van der Waals surface area contributed by atoms with Gasteiger partial charge in [-0.1, -0.05) is 26.0 Å². The molecule has 0 saturated heterocycles. The van der Waals surface area contributed by atoms with Crippen LogP contribution in [0.15, 0.2) is 63.9 Å². The average molecular weight is 445 g/mol. The second-order valence-corrected chi connectivity index (χ2v) is 9.09. The van der Waals surface area contributed by atoms with E-state index in [4.69, 9.17) is 4.74 Å². The summed E-state index contributed by atoms with van der Waals surface area (Å²) in [6, 6.07) is 14.4. The molecular formula is C21H24N4O3S2. The Morgan fingerprint density at radius 3 is 2.57 bits per heavy atom. The van der Waals surface area contributed by atoms with E-state index < -0.39 is 10.0 Å². The van der Waals surface area contributed by atoms with Gasteiger partial charge >= 0.3 is 0 Å². The predicted octanol–water partition coefficient (Wildman–Crippen LogP) is 4.30. The standard InChI is InChI=1S/C21H24N4O3S2/c1-4-25(5-2)30(26,27)19-8-6-7-17(13-19)20-15-29-21(23-20)24-22-14-16-9-11-18(28-3)12-10-16/h6-15H,4-5H2,1-3H3,(H,23,24)/b22-14+. The summed E-state index contributed by atoms with van der Waals surface area (Å²) >= 11 is 1.40. The molecule has 1 N–H and O–H groups in total. The van der Waals surface area contributed by atoms with Gasteiger partial charge in [-0.15, -0.1) is 11.3 Å². The van der Waals surface area contributed by atoms with E-state index in [-0.39, 0.29) is 4.90 Å². The molecule has 2 aromatic carbocycles. The first-order valence-electron chi connectivity index (χ1n) is 9.47. The van der Waals surface area contributed by atoms with Gasteiger partial charge in [-0.2, -0.15) is 9.41 Å². The van der Waals surface area contributed by atoms with Gasteiger partial charge in [-0.25, -0.2) is 13.4 Å². The van der Waals surface area contributed by atoms with Crippen LogP contribution in [0, 0.1) is 0 Å². The number of hydrazone groups is 1. The number of nitrogens with zero attached hydrogens (tertiary/aromatic N) is 3. The minimum atomic E-state index is -3.51. The van der Waals surface area contributed by atoms with Crippen LogP contribution in [0.25, 0.3) is 11.3 Å². The van der Waals surface area contributed by atoms with E-state index in [9.17, 15) is 8.42 Å². The first kappa shape index (κ1) is 21.9. The molecule has 0 amide bonds. The number of thiazole rings is 1. The minimum Gasteiger partial charge on any atom is -0.497 e. The zero-order chi connectivity index (χ0) is 21.6. The Kier molecular flexibility index (Phi) is 7.20. The number of hydrogen-bond donors (Lipinski definition) is 1. The fraction of sp³-hybridized carbons (Fsp3) is 0.238. The lowest BCUT2D eigenvalue weighted by molar-refractivity contribution is 0.415. The van der Waals surface area contributed by atoms with Crippen molar-refractivity contribution in [3.8, 4) is 17.0 Å². The number of ether oxygens (including phenoxy) is 1. The van der Waals surface area contributed by atoms with Crippen LogP contribution in [-0.4, -0.2) is 44.1 Å². The second kappa shape index (κ2) is 9.84. The Bertz CT molecular complexity index is 1110. The van der Waals surface area contributed by atoms with Crippen molar-refractivity contribution in [2.24, 2.45) is 5.10 Å².